The quantitative estimate of drug-likeness (QED) is 0.599. The topological polar surface area (TPSA) is 26.3 Å². The van der Waals surface area contributed by atoms with Crippen molar-refractivity contribution in [3.8, 4) is 0 Å². The van der Waals surface area contributed by atoms with Gasteiger partial charge in [-0.05, 0) is 12.2 Å². The smallest absolute Gasteiger partial charge is 0.166 e. The fourth-order valence-corrected chi connectivity index (χ4v) is 0.600. The number of hydrogen-bond donors (Lipinski definition) is 0. The van der Waals surface area contributed by atoms with Crippen LogP contribution in [0.4, 0.5) is 0 Å². The molecule has 0 atom stereocenters. The number of ketones is 1. The second kappa shape index (κ2) is 3.81. The minimum absolute atomic E-state index is 0.115. The third-order valence-electron chi connectivity index (χ3n) is 1.37. The van der Waals surface area contributed by atoms with Crippen molar-refractivity contribution in [1.29, 1.82) is 0 Å². The van der Waals surface area contributed by atoms with Crippen LogP contribution in [0.2, 0.25) is 0 Å². The molecular weight excluding hydrogens is 160 g/mol. The average Bonchev–Trinajstić information content (AvgIpc) is 1.85. The van der Waals surface area contributed by atoms with E-state index in [0.717, 1.165) is 0 Å². The molecular formula is C8H14O2S. The van der Waals surface area contributed by atoms with Crippen LogP contribution in [0.3, 0.4) is 0 Å². The van der Waals surface area contributed by atoms with Crippen molar-refractivity contribution in [3.05, 3.63) is 0 Å². The van der Waals surface area contributed by atoms with Crippen LogP contribution in [0.15, 0.2) is 0 Å². The van der Waals surface area contributed by atoms with Gasteiger partial charge >= 0.3 is 0 Å². The lowest BCUT2D eigenvalue weighted by molar-refractivity contribution is -0.125. The summed E-state index contributed by atoms with van der Waals surface area (Å²) in [5.41, 5.74) is -0.317. The van der Waals surface area contributed by atoms with Crippen molar-refractivity contribution in [2.75, 3.05) is 7.11 Å². The summed E-state index contributed by atoms with van der Waals surface area (Å²) in [4.78, 5) is 11.3. The maximum absolute atomic E-state index is 11.3. The van der Waals surface area contributed by atoms with Gasteiger partial charge in [0.05, 0.1) is 13.5 Å². The van der Waals surface area contributed by atoms with Crippen LogP contribution in [0.1, 0.15) is 27.2 Å². The molecule has 11 heavy (non-hydrogen) atoms. The minimum atomic E-state index is -0.317. The molecule has 0 saturated carbocycles. The van der Waals surface area contributed by atoms with E-state index >= 15 is 0 Å². The van der Waals surface area contributed by atoms with Gasteiger partial charge in [0.15, 0.2) is 5.05 Å². The summed E-state index contributed by atoms with van der Waals surface area (Å²) in [5.74, 6) is 0.115. The van der Waals surface area contributed by atoms with E-state index in [4.69, 9.17) is 17.0 Å². The van der Waals surface area contributed by atoms with Crippen molar-refractivity contribution >= 4 is 23.1 Å². The van der Waals surface area contributed by atoms with Crippen LogP contribution in [0.25, 0.3) is 0 Å². The summed E-state index contributed by atoms with van der Waals surface area (Å²) in [7, 11) is 1.48. The summed E-state index contributed by atoms with van der Waals surface area (Å²) >= 11 is 4.76. The normalized spacial score (nSPS) is 10.9. The number of rotatable bonds is 2. The van der Waals surface area contributed by atoms with Gasteiger partial charge in [0.2, 0.25) is 0 Å². The summed E-state index contributed by atoms with van der Waals surface area (Å²) in [6.45, 7) is 5.61. The molecule has 0 aromatic heterocycles. The molecule has 0 aromatic rings. The molecule has 0 bridgehead atoms. The first-order valence-electron chi connectivity index (χ1n) is 3.48. The molecule has 0 heterocycles. The van der Waals surface area contributed by atoms with Crippen LogP contribution in [0.5, 0.6) is 0 Å². The molecule has 0 radical (unpaired) electrons. The Bertz CT molecular complexity index is 167. The number of carbonyl (C=O) groups is 1. The second-order valence-corrected chi connectivity index (χ2v) is 3.88. The SMILES string of the molecule is COC(=S)CC(=O)C(C)(C)C. The minimum Gasteiger partial charge on any atom is -0.490 e. The Morgan fingerprint density at radius 1 is 1.45 bits per heavy atom. The zero-order chi connectivity index (χ0) is 9.07. The highest BCUT2D eigenvalue weighted by Crippen LogP contribution is 2.16. The van der Waals surface area contributed by atoms with E-state index < -0.39 is 0 Å². The molecule has 0 fully saturated rings. The van der Waals surface area contributed by atoms with Gasteiger partial charge in [0.1, 0.15) is 5.78 Å². The Morgan fingerprint density at radius 3 is 2.18 bits per heavy atom. The lowest BCUT2D eigenvalue weighted by atomic mass is 9.89. The molecule has 3 heteroatoms. The van der Waals surface area contributed by atoms with Gasteiger partial charge in [-0.25, -0.2) is 0 Å². The first-order valence-corrected chi connectivity index (χ1v) is 3.89. The first-order chi connectivity index (χ1) is 4.88. The van der Waals surface area contributed by atoms with E-state index in [9.17, 15) is 4.79 Å². The molecule has 0 unspecified atom stereocenters. The molecule has 0 spiro atoms. The van der Waals surface area contributed by atoms with Crippen LogP contribution in [-0.4, -0.2) is 17.9 Å². The highest BCUT2D eigenvalue weighted by Gasteiger charge is 2.22. The molecule has 2 nitrogen and oxygen atoms in total. The van der Waals surface area contributed by atoms with E-state index in [1.165, 1.54) is 7.11 Å². The predicted octanol–water partition coefficient (Wildman–Crippen LogP) is 1.97. The Hall–Kier alpha value is -0.440. The Morgan fingerprint density at radius 2 is 1.91 bits per heavy atom. The number of methoxy groups -OCH3 is 1. The van der Waals surface area contributed by atoms with Gasteiger partial charge in [-0.3, -0.25) is 4.79 Å². The molecule has 0 amide bonds. The zero-order valence-corrected chi connectivity index (χ0v) is 8.25. The molecule has 0 N–H and O–H groups in total. The van der Waals surface area contributed by atoms with E-state index in [2.05, 4.69) is 0 Å². The third kappa shape index (κ3) is 4.09. The number of carbonyl (C=O) groups excluding carboxylic acids is 1. The summed E-state index contributed by atoms with van der Waals surface area (Å²) in [6, 6.07) is 0. The monoisotopic (exact) mass is 174 g/mol. The molecule has 64 valence electrons. The average molecular weight is 174 g/mol. The standard InChI is InChI=1S/C8H14O2S/c1-8(2,3)6(9)5-7(11)10-4/h5H2,1-4H3. The molecule has 0 aromatic carbocycles. The van der Waals surface area contributed by atoms with E-state index in [0.29, 0.717) is 5.05 Å². The molecule has 0 aliphatic heterocycles. The molecule has 0 saturated heterocycles. The van der Waals surface area contributed by atoms with E-state index in [1.54, 1.807) is 0 Å². The first kappa shape index (κ1) is 10.6. The Balaban J connectivity index is 3.99. The highest BCUT2D eigenvalue weighted by molar-refractivity contribution is 7.80. The second-order valence-electron chi connectivity index (χ2n) is 3.43. The van der Waals surface area contributed by atoms with Crippen molar-refractivity contribution in [1.82, 2.24) is 0 Å². The van der Waals surface area contributed by atoms with Gasteiger partial charge < -0.3 is 4.74 Å². The lowest BCUT2D eigenvalue weighted by Gasteiger charge is -2.15. The number of thiocarbonyl (C=S) groups is 1. The number of hydrogen-bond acceptors (Lipinski definition) is 3. The van der Waals surface area contributed by atoms with Crippen LogP contribution in [0, 0.1) is 5.41 Å². The Labute approximate surface area is 72.9 Å². The van der Waals surface area contributed by atoms with Gasteiger partial charge in [-0.15, -0.1) is 0 Å². The van der Waals surface area contributed by atoms with E-state index in [1.807, 2.05) is 20.8 Å². The fraction of sp³-hybridized carbons (Fsp3) is 0.750. The summed E-state index contributed by atoms with van der Waals surface area (Å²) in [6.07, 6.45) is 0.245. The number of Topliss-reactive ketones (excluding diaryl/α,β-unsaturated/α-hetero) is 1. The molecule has 0 aliphatic carbocycles. The maximum Gasteiger partial charge on any atom is 0.166 e. The Kier molecular flexibility index (Phi) is 3.66. The fourth-order valence-electron chi connectivity index (χ4n) is 0.468. The lowest BCUT2D eigenvalue weighted by Crippen LogP contribution is -2.22. The van der Waals surface area contributed by atoms with Crippen molar-refractivity contribution in [3.63, 3.8) is 0 Å². The van der Waals surface area contributed by atoms with Crippen LogP contribution >= 0.6 is 12.2 Å². The van der Waals surface area contributed by atoms with Crippen molar-refractivity contribution in [2.45, 2.75) is 27.2 Å². The maximum atomic E-state index is 11.3. The van der Waals surface area contributed by atoms with E-state index in [-0.39, 0.29) is 17.6 Å². The predicted molar refractivity (Wildman–Crippen MR) is 48.7 cm³/mol. The van der Waals surface area contributed by atoms with Crippen LogP contribution < -0.4 is 0 Å². The largest absolute Gasteiger partial charge is 0.490 e. The summed E-state index contributed by atoms with van der Waals surface area (Å²) < 4.78 is 4.73. The van der Waals surface area contributed by atoms with Gasteiger partial charge in [-0.2, -0.15) is 0 Å². The van der Waals surface area contributed by atoms with Crippen molar-refractivity contribution < 1.29 is 9.53 Å². The van der Waals surface area contributed by atoms with Gasteiger partial charge in [0, 0.05) is 5.41 Å². The molecule has 0 aliphatic rings. The number of ether oxygens (including phenoxy) is 1. The zero-order valence-electron chi connectivity index (χ0n) is 7.43. The summed E-state index contributed by atoms with van der Waals surface area (Å²) in [5, 5.41) is 0.366. The van der Waals surface area contributed by atoms with Gasteiger partial charge in [0.25, 0.3) is 0 Å². The third-order valence-corrected chi connectivity index (χ3v) is 1.68. The van der Waals surface area contributed by atoms with Gasteiger partial charge in [-0.1, -0.05) is 20.8 Å². The van der Waals surface area contributed by atoms with Crippen LogP contribution in [-0.2, 0) is 9.53 Å². The van der Waals surface area contributed by atoms with Crippen molar-refractivity contribution in [2.24, 2.45) is 5.41 Å². The highest BCUT2D eigenvalue weighted by atomic mass is 32.1. The molecule has 0 rings (SSSR count).